The van der Waals surface area contributed by atoms with Crippen molar-refractivity contribution in [2.45, 2.75) is 12.7 Å². The molecule has 0 atom stereocenters. The van der Waals surface area contributed by atoms with Crippen molar-refractivity contribution >= 4 is 23.3 Å². The largest absolute Gasteiger partial charge is 0.508 e. The van der Waals surface area contributed by atoms with Crippen LogP contribution in [0.2, 0.25) is 5.02 Å². The van der Waals surface area contributed by atoms with Crippen molar-refractivity contribution < 1.29 is 23.1 Å². The monoisotopic (exact) mass is 396 g/mol. The second-order valence-electron chi connectivity index (χ2n) is 5.55. The third-order valence-electron chi connectivity index (χ3n) is 3.63. The number of benzene rings is 1. The van der Waals surface area contributed by atoms with E-state index in [1.165, 1.54) is 47.5 Å². The summed E-state index contributed by atoms with van der Waals surface area (Å²) in [6.45, 7) is -0.193. The summed E-state index contributed by atoms with van der Waals surface area (Å²) >= 11 is 5.89. The normalized spacial score (nSPS) is 11.4. The van der Waals surface area contributed by atoms with E-state index in [4.69, 9.17) is 11.6 Å². The molecule has 0 radical (unpaired) electrons. The number of anilines is 1. The van der Waals surface area contributed by atoms with Gasteiger partial charge in [0, 0.05) is 24.7 Å². The minimum atomic E-state index is -4.61. The molecule has 1 aromatic carbocycles. The van der Waals surface area contributed by atoms with Crippen LogP contribution in [0.3, 0.4) is 0 Å². The van der Waals surface area contributed by atoms with Crippen molar-refractivity contribution in [1.82, 2.24) is 14.8 Å². The molecule has 6 nitrogen and oxygen atoms in total. The lowest BCUT2D eigenvalue weighted by molar-refractivity contribution is -0.138. The molecule has 0 saturated carbocycles. The van der Waals surface area contributed by atoms with Crippen LogP contribution in [0.25, 0.3) is 0 Å². The van der Waals surface area contributed by atoms with Crippen molar-refractivity contribution in [1.29, 1.82) is 0 Å². The number of rotatable bonds is 4. The average Bonchev–Trinajstić information content (AvgIpc) is 3.03. The molecule has 2 N–H and O–H groups in total. The molecule has 2 heterocycles. The second kappa shape index (κ2) is 7.28. The molecule has 2 aromatic heterocycles. The summed E-state index contributed by atoms with van der Waals surface area (Å²) in [4.78, 5) is 16.0. The number of halogens is 4. The number of hydrogen-bond acceptors (Lipinski definition) is 4. The Bertz CT molecular complexity index is 988. The van der Waals surface area contributed by atoms with Crippen LogP contribution in [0.1, 0.15) is 21.5 Å². The Kier molecular flexibility index (Phi) is 5.04. The predicted molar refractivity (Wildman–Crippen MR) is 91.6 cm³/mol. The summed E-state index contributed by atoms with van der Waals surface area (Å²) in [5.74, 6) is -0.845. The molecule has 27 heavy (non-hydrogen) atoms. The van der Waals surface area contributed by atoms with Crippen molar-refractivity contribution in [3.8, 4) is 5.75 Å². The Morgan fingerprint density at radius 2 is 2.04 bits per heavy atom. The van der Waals surface area contributed by atoms with E-state index in [1.54, 1.807) is 0 Å². The number of aromatic nitrogens is 3. The van der Waals surface area contributed by atoms with E-state index in [9.17, 15) is 23.1 Å². The Morgan fingerprint density at radius 3 is 2.74 bits per heavy atom. The number of phenolic OH excluding ortho intramolecular Hbond substituents is 1. The van der Waals surface area contributed by atoms with Gasteiger partial charge in [-0.1, -0.05) is 17.7 Å². The van der Waals surface area contributed by atoms with Gasteiger partial charge in [0.15, 0.2) is 5.82 Å². The fraction of sp³-hybridized carbons (Fsp3) is 0.118. The molecule has 0 bridgehead atoms. The van der Waals surface area contributed by atoms with E-state index in [0.29, 0.717) is 6.07 Å². The van der Waals surface area contributed by atoms with E-state index in [1.807, 2.05) is 0 Å². The summed E-state index contributed by atoms with van der Waals surface area (Å²) in [5, 5.41) is 16.0. The van der Waals surface area contributed by atoms with Crippen molar-refractivity contribution in [3.05, 3.63) is 70.6 Å². The number of hydrogen-bond donors (Lipinski definition) is 2. The van der Waals surface area contributed by atoms with Crippen LogP contribution >= 0.6 is 11.6 Å². The van der Waals surface area contributed by atoms with E-state index < -0.39 is 23.4 Å². The van der Waals surface area contributed by atoms with Crippen LogP contribution in [0, 0.1) is 0 Å². The minimum absolute atomic E-state index is 0.0709. The molecule has 1 amide bonds. The van der Waals surface area contributed by atoms with Crippen molar-refractivity contribution in [3.63, 3.8) is 0 Å². The molecule has 0 aliphatic carbocycles. The second-order valence-corrected chi connectivity index (χ2v) is 5.95. The summed E-state index contributed by atoms with van der Waals surface area (Å²) in [6, 6.07) is 5.88. The highest BCUT2D eigenvalue weighted by Gasteiger charge is 2.33. The fourth-order valence-corrected chi connectivity index (χ4v) is 2.61. The van der Waals surface area contributed by atoms with Crippen LogP contribution in [0.15, 0.2) is 48.9 Å². The van der Waals surface area contributed by atoms with Crippen LogP contribution in [0.5, 0.6) is 5.75 Å². The van der Waals surface area contributed by atoms with Gasteiger partial charge >= 0.3 is 6.18 Å². The summed E-state index contributed by atoms with van der Waals surface area (Å²) in [5.41, 5.74) is -0.829. The predicted octanol–water partition coefficient (Wildman–Crippen LogP) is 3.96. The Labute approximate surface area is 156 Å². The van der Waals surface area contributed by atoms with Gasteiger partial charge in [-0.2, -0.15) is 18.3 Å². The Morgan fingerprint density at radius 1 is 1.26 bits per heavy atom. The number of phenols is 1. The number of carbonyl (C=O) groups excluding carboxylic acids is 1. The first-order valence-corrected chi connectivity index (χ1v) is 7.95. The molecule has 140 valence electrons. The molecular formula is C17H12ClF3N4O2. The third-order valence-corrected chi connectivity index (χ3v) is 3.93. The maximum atomic E-state index is 13.1. The van der Waals surface area contributed by atoms with E-state index in [2.05, 4.69) is 15.4 Å². The van der Waals surface area contributed by atoms with Gasteiger partial charge in [0.25, 0.3) is 5.91 Å². The maximum Gasteiger partial charge on any atom is 0.416 e. The number of pyridine rings is 1. The maximum absolute atomic E-state index is 13.1. The van der Waals surface area contributed by atoms with Gasteiger partial charge < -0.3 is 10.4 Å². The van der Waals surface area contributed by atoms with E-state index in [-0.39, 0.29) is 28.5 Å². The van der Waals surface area contributed by atoms with Crippen LogP contribution < -0.4 is 5.32 Å². The number of aromatic hydroxyl groups is 1. The van der Waals surface area contributed by atoms with E-state index in [0.717, 1.165) is 0 Å². The molecule has 0 aliphatic rings. The molecule has 0 aliphatic heterocycles. The number of carbonyl (C=O) groups is 1. The van der Waals surface area contributed by atoms with Gasteiger partial charge in [0.05, 0.1) is 22.7 Å². The fourth-order valence-electron chi connectivity index (χ4n) is 2.40. The van der Waals surface area contributed by atoms with Crippen LogP contribution in [-0.2, 0) is 12.7 Å². The van der Waals surface area contributed by atoms with Gasteiger partial charge in [-0.15, -0.1) is 0 Å². The summed E-state index contributed by atoms with van der Waals surface area (Å²) in [6.07, 6.45) is -0.464. The van der Waals surface area contributed by atoms with Gasteiger partial charge in [0.2, 0.25) is 0 Å². The molecule has 0 unspecified atom stereocenters. The molecule has 0 spiro atoms. The zero-order chi connectivity index (χ0) is 19.6. The lowest BCUT2D eigenvalue weighted by Gasteiger charge is -2.13. The SMILES string of the molecule is O=C(Nc1ccn(Cc2ccc(O)cc2C(F)(F)F)n1)c1ccncc1Cl. The number of nitrogens with one attached hydrogen (secondary N) is 1. The zero-order valence-electron chi connectivity index (χ0n) is 13.5. The quantitative estimate of drug-likeness (QED) is 0.699. The smallest absolute Gasteiger partial charge is 0.416 e. The van der Waals surface area contributed by atoms with E-state index >= 15 is 0 Å². The van der Waals surface area contributed by atoms with Gasteiger partial charge in [0.1, 0.15) is 5.75 Å². The summed E-state index contributed by atoms with van der Waals surface area (Å²) < 4.78 is 40.6. The van der Waals surface area contributed by atoms with Gasteiger partial charge in [-0.25, -0.2) is 0 Å². The molecule has 10 heteroatoms. The molecule has 0 saturated heterocycles. The lowest BCUT2D eigenvalue weighted by atomic mass is 10.1. The standard InChI is InChI=1S/C17H12ClF3N4O2/c18-14-8-22-5-3-12(14)16(27)23-15-4-6-25(24-15)9-10-1-2-11(26)7-13(10)17(19,20)21/h1-8,26H,9H2,(H,23,24,27). The van der Waals surface area contributed by atoms with Gasteiger partial charge in [-0.3, -0.25) is 14.5 Å². The first-order chi connectivity index (χ1) is 12.7. The third kappa shape index (κ3) is 4.37. The lowest BCUT2D eigenvalue weighted by Crippen LogP contribution is -2.14. The molecule has 3 aromatic rings. The topological polar surface area (TPSA) is 80.0 Å². The number of amides is 1. The zero-order valence-corrected chi connectivity index (χ0v) is 14.3. The Hall–Kier alpha value is -3.07. The van der Waals surface area contributed by atoms with Crippen molar-refractivity contribution in [2.75, 3.05) is 5.32 Å². The van der Waals surface area contributed by atoms with Crippen molar-refractivity contribution in [2.24, 2.45) is 0 Å². The highest BCUT2D eigenvalue weighted by Crippen LogP contribution is 2.34. The first kappa shape index (κ1) is 18.7. The van der Waals surface area contributed by atoms with Gasteiger partial charge in [-0.05, 0) is 23.8 Å². The molecule has 3 rings (SSSR count). The molecular weight excluding hydrogens is 385 g/mol. The Balaban J connectivity index is 1.78. The highest BCUT2D eigenvalue weighted by atomic mass is 35.5. The first-order valence-electron chi connectivity index (χ1n) is 7.57. The minimum Gasteiger partial charge on any atom is -0.508 e. The highest BCUT2D eigenvalue weighted by molar-refractivity contribution is 6.34. The average molecular weight is 397 g/mol. The number of alkyl halides is 3. The van der Waals surface area contributed by atoms with Crippen LogP contribution in [-0.4, -0.2) is 25.8 Å². The van der Waals surface area contributed by atoms with Crippen LogP contribution in [0.4, 0.5) is 19.0 Å². The molecule has 0 fully saturated rings. The number of nitrogens with zero attached hydrogens (tertiary/aromatic N) is 3. The summed E-state index contributed by atoms with van der Waals surface area (Å²) in [7, 11) is 0.